The van der Waals surface area contributed by atoms with Crippen LogP contribution in [0.15, 0.2) is 0 Å². The molecule has 0 atom stereocenters. The van der Waals surface area contributed by atoms with Gasteiger partial charge in [-0.05, 0) is 0 Å². The van der Waals surface area contributed by atoms with Crippen molar-refractivity contribution in [3.05, 3.63) is 14.4 Å². The van der Waals surface area contributed by atoms with Crippen molar-refractivity contribution in [2.45, 2.75) is 6.42 Å². The first-order valence-electron chi connectivity index (χ1n) is 2.56. The molecule has 0 aromatic heterocycles. The van der Waals surface area contributed by atoms with Gasteiger partial charge >= 0.3 is 21.7 Å². The maximum absolute atomic E-state index is 9.90. The summed E-state index contributed by atoms with van der Waals surface area (Å²) in [5, 5.41) is 14.0. The van der Waals surface area contributed by atoms with Crippen molar-refractivity contribution in [2.24, 2.45) is 0 Å². The third-order valence-electron chi connectivity index (χ3n) is 0.432. The molecule has 12 heavy (non-hydrogen) atoms. The van der Waals surface area contributed by atoms with Crippen LogP contribution < -0.4 is 0 Å². The average molecular weight is 214 g/mol. The quantitative estimate of drug-likeness (QED) is 0.367. The van der Waals surface area contributed by atoms with Crippen LogP contribution in [0.4, 0.5) is 0 Å². The van der Waals surface area contributed by atoms with Crippen LogP contribution in [0.1, 0.15) is 6.42 Å². The number of ether oxygens (including phenoxy) is 1. The Bertz CT molecular complexity index is 53.4. The molecule has 0 aliphatic carbocycles. The van der Waals surface area contributed by atoms with Gasteiger partial charge in [0.25, 0.3) is 5.97 Å². The van der Waals surface area contributed by atoms with Crippen molar-refractivity contribution >= 4 is 5.97 Å². The Morgan fingerprint density at radius 3 is 1.58 bits per heavy atom. The van der Waals surface area contributed by atoms with E-state index in [-0.39, 0.29) is 41.5 Å². The molecular formula is C7H18O4Ti. The Morgan fingerprint density at radius 1 is 1.33 bits per heavy atom. The van der Waals surface area contributed by atoms with Crippen molar-refractivity contribution in [3.63, 3.8) is 0 Å². The minimum absolute atomic E-state index is 0. The van der Waals surface area contributed by atoms with E-state index in [0.717, 1.165) is 14.2 Å². The number of aliphatic hydroxyl groups is 2. The largest absolute Gasteiger partial charge is 2.00 e. The second kappa shape index (κ2) is 43.5. The van der Waals surface area contributed by atoms with Crippen LogP contribution in [-0.2, 0) is 31.2 Å². The summed E-state index contributed by atoms with van der Waals surface area (Å²) in [5.74, 6) is -0.269. The predicted molar refractivity (Wildman–Crippen MR) is 44.7 cm³/mol. The van der Waals surface area contributed by atoms with Crippen LogP contribution in [0.3, 0.4) is 0 Å². The van der Waals surface area contributed by atoms with Gasteiger partial charge in [0.2, 0.25) is 0 Å². The number of rotatable bonds is 1. The van der Waals surface area contributed by atoms with Gasteiger partial charge in [0.15, 0.2) is 0 Å². The molecule has 74 valence electrons. The third kappa shape index (κ3) is 49.7. The SMILES string of the molecule is CO.CO.[CH2-]CC(=O)OC.[CH3-].[Ti+2]. The zero-order valence-corrected chi connectivity index (χ0v) is 9.69. The maximum Gasteiger partial charge on any atom is 2.00 e. The molecule has 5 heteroatoms. The van der Waals surface area contributed by atoms with Crippen molar-refractivity contribution in [3.8, 4) is 0 Å². The summed E-state index contributed by atoms with van der Waals surface area (Å²) < 4.78 is 4.20. The maximum atomic E-state index is 9.90. The van der Waals surface area contributed by atoms with Gasteiger partial charge in [0, 0.05) is 14.2 Å². The zero-order chi connectivity index (χ0) is 8.99. The van der Waals surface area contributed by atoms with Crippen molar-refractivity contribution in [2.75, 3.05) is 21.3 Å². The Morgan fingerprint density at radius 2 is 1.58 bits per heavy atom. The minimum Gasteiger partial charge on any atom is -0.471 e. The molecule has 0 saturated carbocycles. The second-order valence-electron chi connectivity index (χ2n) is 0.826. The zero-order valence-electron chi connectivity index (χ0n) is 8.13. The molecule has 0 aliphatic heterocycles. The Kier molecular flexibility index (Phi) is 107. The van der Waals surface area contributed by atoms with Crippen LogP contribution in [0.5, 0.6) is 0 Å². The fourth-order valence-electron chi connectivity index (χ4n) is 0.102. The van der Waals surface area contributed by atoms with Gasteiger partial charge in [-0.3, -0.25) is 4.79 Å². The number of esters is 1. The Hall–Kier alpha value is 0.104. The number of carbonyl (C=O) groups is 1. The standard InChI is InChI=1S/C4H7O2.2CH4O.CH3.Ti/c1-3-4(5)6-2;2*1-2;;/h1,3H2,2H3;2*2H,1H3;1H3;/q-1;;;-1;+2. The van der Waals surface area contributed by atoms with Crippen LogP contribution in [0.2, 0.25) is 0 Å². The average Bonchev–Trinajstić information content (AvgIpc) is 2.10. The van der Waals surface area contributed by atoms with E-state index < -0.39 is 0 Å². The van der Waals surface area contributed by atoms with Gasteiger partial charge in [0.1, 0.15) is 0 Å². The summed E-state index contributed by atoms with van der Waals surface area (Å²) in [5.41, 5.74) is 0. The van der Waals surface area contributed by atoms with Crippen LogP contribution >= 0.6 is 0 Å². The predicted octanol–water partition coefficient (Wildman–Crippen LogP) is 0.0484. The van der Waals surface area contributed by atoms with Gasteiger partial charge in [-0.2, -0.15) is 0 Å². The molecule has 0 radical (unpaired) electrons. The molecule has 0 aromatic carbocycles. The van der Waals surface area contributed by atoms with Crippen LogP contribution in [-0.4, -0.2) is 37.5 Å². The minimum atomic E-state index is -0.269. The summed E-state index contributed by atoms with van der Waals surface area (Å²) in [7, 11) is 3.34. The molecule has 4 nitrogen and oxygen atoms in total. The molecule has 0 fully saturated rings. The summed E-state index contributed by atoms with van der Waals surface area (Å²) in [6, 6.07) is 0. The van der Waals surface area contributed by atoms with E-state index in [4.69, 9.17) is 10.2 Å². The van der Waals surface area contributed by atoms with Gasteiger partial charge < -0.3 is 29.3 Å². The summed E-state index contributed by atoms with van der Waals surface area (Å²) in [6.45, 7) is 3.28. The van der Waals surface area contributed by atoms with Crippen molar-refractivity contribution in [1.82, 2.24) is 0 Å². The molecule has 0 bridgehead atoms. The number of hydrogen-bond acceptors (Lipinski definition) is 4. The molecule has 0 spiro atoms. The number of methoxy groups -OCH3 is 1. The van der Waals surface area contributed by atoms with Gasteiger partial charge in [0.05, 0.1) is 7.11 Å². The Balaban J connectivity index is -0.0000000241. The normalized spacial score (nSPS) is 4.83. The summed E-state index contributed by atoms with van der Waals surface area (Å²) >= 11 is 0. The van der Waals surface area contributed by atoms with E-state index in [1.54, 1.807) is 0 Å². The second-order valence-corrected chi connectivity index (χ2v) is 0.826. The fraction of sp³-hybridized carbons (Fsp3) is 0.571. The van der Waals surface area contributed by atoms with Crippen molar-refractivity contribution < 1.29 is 41.5 Å². The van der Waals surface area contributed by atoms with E-state index in [9.17, 15) is 4.79 Å². The van der Waals surface area contributed by atoms with E-state index in [2.05, 4.69) is 11.7 Å². The van der Waals surface area contributed by atoms with Crippen LogP contribution in [0.25, 0.3) is 0 Å². The molecule has 0 aromatic rings. The third-order valence-corrected chi connectivity index (χ3v) is 0.432. The number of carbonyl (C=O) groups excluding carboxylic acids is 1. The summed E-state index contributed by atoms with van der Waals surface area (Å²) in [6.07, 6.45) is 0.219. The molecule has 0 saturated heterocycles. The van der Waals surface area contributed by atoms with E-state index >= 15 is 0 Å². The molecule has 0 unspecified atom stereocenters. The first kappa shape index (κ1) is 29.6. The number of hydrogen-bond donors (Lipinski definition) is 2. The van der Waals surface area contributed by atoms with Crippen LogP contribution in [0, 0.1) is 14.4 Å². The topological polar surface area (TPSA) is 66.8 Å². The monoisotopic (exact) mass is 214 g/mol. The molecule has 2 N–H and O–H groups in total. The van der Waals surface area contributed by atoms with Crippen molar-refractivity contribution in [1.29, 1.82) is 0 Å². The van der Waals surface area contributed by atoms with Gasteiger partial charge in [-0.1, -0.05) is 6.42 Å². The fourth-order valence-corrected chi connectivity index (χ4v) is 0.102. The Labute approximate surface area is 89.8 Å². The van der Waals surface area contributed by atoms with E-state index in [0.29, 0.717) is 0 Å². The summed E-state index contributed by atoms with van der Waals surface area (Å²) in [4.78, 5) is 9.90. The first-order valence-corrected chi connectivity index (χ1v) is 2.56. The molecular weight excluding hydrogens is 196 g/mol. The van der Waals surface area contributed by atoms with Gasteiger partial charge in [-0.25, -0.2) is 0 Å². The number of aliphatic hydroxyl groups excluding tert-OH is 2. The van der Waals surface area contributed by atoms with Gasteiger partial charge in [-0.15, -0.1) is 0 Å². The molecule has 0 rings (SSSR count). The molecule has 0 aliphatic rings. The smallest absolute Gasteiger partial charge is 0.471 e. The first-order chi connectivity index (χ1) is 4.81. The molecule has 0 amide bonds. The van der Waals surface area contributed by atoms with E-state index in [1.807, 2.05) is 0 Å². The molecule has 0 heterocycles. The van der Waals surface area contributed by atoms with E-state index in [1.165, 1.54) is 7.11 Å².